The van der Waals surface area contributed by atoms with Gasteiger partial charge in [0.15, 0.2) is 0 Å². The number of hydrogen-bond acceptors (Lipinski definition) is 3. The molecule has 0 aromatic heterocycles. The van der Waals surface area contributed by atoms with Crippen molar-refractivity contribution in [2.24, 2.45) is 17.6 Å². The summed E-state index contributed by atoms with van der Waals surface area (Å²) < 4.78 is 0. The van der Waals surface area contributed by atoms with Gasteiger partial charge in [-0.3, -0.25) is 4.90 Å². The molecule has 0 spiro atoms. The van der Waals surface area contributed by atoms with Crippen molar-refractivity contribution >= 4 is 0 Å². The number of likely N-dealkylation sites (N-methyl/N-ethyl adjacent to an activating group) is 1. The van der Waals surface area contributed by atoms with Crippen molar-refractivity contribution < 1.29 is 0 Å². The second-order valence-electron chi connectivity index (χ2n) is 6.49. The number of nitrogens with two attached hydrogens (primary N) is 1. The zero-order valence-corrected chi connectivity index (χ0v) is 13.6. The maximum atomic E-state index is 6.03. The Morgan fingerprint density at radius 2 is 1.79 bits per heavy atom. The fraction of sp³-hybridized carbons (Fsp3) is 1.00. The molecule has 3 unspecified atom stereocenters. The van der Waals surface area contributed by atoms with Gasteiger partial charge in [0.2, 0.25) is 0 Å². The van der Waals surface area contributed by atoms with Crippen LogP contribution in [0.3, 0.4) is 0 Å². The fourth-order valence-corrected chi connectivity index (χ4v) is 3.45. The zero-order valence-electron chi connectivity index (χ0n) is 13.6. The summed E-state index contributed by atoms with van der Waals surface area (Å²) in [6.45, 7) is 9.08. The first-order valence-electron chi connectivity index (χ1n) is 8.21. The molecule has 1 rings (SSSR count). The van der Waals surface area contributed by atoms with Gasteiger partial charge in [-0.15, -0.1) is 0 Å². The molecule has 1 aliphatic carbocycles. The molecule has 2 N–H and O–H groups in total. The lowest BCUT2D eigenvalue weighted by atomic mass is 9.76. The van der Waals surface area contributed by atoms with Crippen LogP contribution in [0.5, 0.6) is 0 Å². The summed E-state index contributed by atoms with van der Waals surface area (Å²) in [4.78, 5) is 5.01. The summed E-state index contributed by atoms with van der Waals surface area (Å²) in [6, 6.07) is 0.726. The van der Waals surface area contributed by atoms with Gasteiger partial charge in [-0.2, -0.15) is 0 Å². The monoisotopic (exact) mass is 269 g/mol. The van der Waals surface area contributed by atoms with Crippen LogP contribution in [-0.2, 0) is 0 Å². The Hall–Kier alpha value is -0.120. The Morgan fingerprint density at radius 3 is 2.32 bits per heavy atom. The smallest absolute Gasteiger partial charge is 0.0139 e. The second kappa shape index (κ2) is 8.93. The normalized spacial score (nSPS) is 28.3. The van der Waals surface area contributed by atoms with Gasteiger partial charge in [0.05, 0.1) is 0 Å². The molecular weight excluding hydrogens is 234 g/mol. The first kappa shape index (κ1) is 16.9. The maximum absolute atomic E-state index is 6.03. The molecule has 3 atom stereocenters. The van der Waals surface area contributed by atoms with Crippen LogP contribution in [0.4, 0.5) is 0 Å². The maximum Gasteiger partial charge on any atom is 0.0139 e. The summed E-state index contributed by atoms with van der Waals surface area (Å²) in [5.74, 6) is 1.64. The predicted octanol–water partition coefficient (Wildman–Crippen LogP) is 2.41. The quantitative estimate of drug-likeness (QED) is 0.734. The fourth-order valence-electron chi connectivity index (χ4n) is 3.45. The van der Waals surface area contributed by atoms with E-state index in [-0.39, 0.29) is 0 Å². The molecule has 3 heteroatoms. The van der Waals surface area contributed by atoms with Crippen LogP contribution in [0, 0.1) is 11.8 Å². The lowest BCUT2D eigenvalue weighted by Crippen LogP contribution is -2.49. The van der Waals surface area contributed by atoms with Gasteiger partial charge in [-0.25, -0.2) is 0 Å². The second-order valence-corrected chi connectivity index (χ2v) is 6.49. The molecular formula is C16H35N3. The highest BCUT2D eigenvalue weighted by Gasteiger charge is 2.32. The molecule has 114 valence electrons. The van der Waals surface area contributed by atoms with Crippen molar-refractivity contribution in [2.45, 2.75) is 52.0 Å². The van der Waals surface area contributed by atoms with Crippen molar-refractivity contribution in [2.75, 3.05) is 40.3 Å². The van der Waals surface area contributed by atoms with Crippen molar-refractivity contribution in [1.82, 2.24) is 9.80 Å². The standard InChI is InChI=1S/C16H35N3/c1-5-9-19(11-10-18(3)4)16-12-14(6-2)7-8-15(16)13-17/h14-16H,5-13,17H2,1-4H3. The third-order valence-corrected chi connectivity index (χ3v) is 4.76. The Labute approximate surface area is 120 Å². The van der Waals surface area contributed by atoms with E-state index in [1.807, 2.05) is 0 Å². The minimum Gasteiger partial charge on any atom is -0.330 e. The molecule has 0 radical (unpaired) electrons. The van der Waals surface area contributed by atoms with Crippen LogP contribution < -0.4 is 5.73 Å². The average Bonchev–Trinajstić information content (AvgIpc) is 2.42. The number of rotatable bonds is 8. The summed E-state index contributed by atoms with van der Waals surface area (Å²) in [6.07, 6.45) is 6.68. The Bertz CT molecular complexity index is 230. The van der Waals surface area contributed by atoms with Gasteiger partial charge in [0.25, 0.3) is 0 Å². The van der Waals surface area contributed by atoms with E-state index in [1.165, 1.54) is 45.2 Å². The molecule has 0 bridgehead atoms. The molecule has 19 heavy (non-hydrogen) atoms. The number of hydrogen-bond donors (Lipinski definition) is 1. The lowest BCUT2D eigenvalue weighted by molar-refractivity contribution is 0.0748. The van der Waals surface area contributed by atoms with Crippen LogP contribution >= 0.6 is 0 Å². The summed E-state index contributed by atoms with van der Waals surface area (Å²) in [7, 11) is 4.33. The highest BCUT2D eigenvalue weighted by Crippen LogP contribution is 2.33. The topological polar surface area (TPSA) is 32.5 Å². The largest absolute Gasteiger partial charge is 0.330 e. The van der Waals surface area contributed by atoms with Crippen LogP contribution in [0.1, 0.15) is 46.0 Å². The van der Waals surface area contributed by atoms with Gasteiger partial charge in [-0.05, 0) is 58.3 Å². The molecule has 0 aromatic carbocycles. The van der Waals surface area contributed by atoms with Crippen molar-refractivity contribution in [3.63, 3.8) is 0 Å². The molecule has 0 aliphatic heterocycles. The van der Waals surface area contributed by atoms with Gasteiger partial charge in [0, 0.05) is 19.1 Å². The van der Waals surface area contributed by atoms with Crippen molar-refractivity contribution in [1.29, 1.82) is 0 Å². The molecule has 1 fully saturated rings. The van der Waals surface area contributed by atoms with Gasteiger partial charge < -0.3 is 10.6 Å². The molecule has 1 saturated carbocycles. The third-order valence-electron chi connectivity index (χ3n) is 4.76. The Balaban J connectivity index is 2.65. The summed E-state index contributed by atoms with van der Waals surface area (Å²) >= 11 is 0. The van der Waals surface area contributed by atoms with Crippen LogP contribution in [-0.4, -0.2) is 56.1 Å². The van der Waals surface area contributed by atoms with Gasteiger partial charge in [0.1, 0.15) is 0 Å². The zero-order chi connectivity index (χ0) is 14.3. The van der Waals surface area contributed by atoms with Gasteiger partial charge in [-0.1, -0.05) is 26.7 Å². The first-order valence-corrected chi connectivity index (χ1v) is 8.21. The van der Waals surface area contributed by atoms with E-state index in [0.29, 0.717) is 0 Å². The predicted molar refractivity (Wildman–Crippen MR) is 84.4 cm³/mol. The first-order chi connectivity index (χ1) is 9.12. The van der Waals surface area contributed by atoms with Crippen molar-refractivity contribution in [3.05, 3.63) is 0 Å². The summed E-state index contributed by atoms with van der Waals surface area (Å²) in [5.41, 5.74) is 6.03. The van der Waals surface area contributed by atoms with Crippen molar-refractivity contribution in [3.8, 4) is 0 Å². The van der Waals surface area contributed by atoms with Crippen LogP contribution in [0.2, 0.25) is 0 Å². The Kier molecular flexibility index (Phi) is 7.96. The minimum atomic E-state index is 0.719. The molecule has 1 aliphatic rings. The highest BCUT2D eigenvalue weighted by atomic mass is 15.2. The Morgan fingerprint density at radius 1 is 1.05 bits per heavy atom. The molecule has 0 aromatic rings. The van der Waals surface area contributed by atoms with E-state index >= 15 is 0 Å². The molecule has 0 heterocycles. The SMILES string of the molecule is CCCN(CCN(C)C)C1CC(CC)CCC1CN. The third kappa shape index (κ3) is 5.41. The van der Waals surface area contributed by atoms with Crippen LogP contribution in [0.15, 0.2) is 0 Å². The van der Waals surface area contributed by atoms with E-state index in [9.17, 15) is 0 Å². The van der Waals surface area contributed by atoms with E-state index in [0.717, 1.165) is 31.0 Å². The molecule has 3 nitrogen and oxygen atoms in total. The average molecular weight is 269 g/mol. The number of nitrogens with zero attached hydrogens (tertiary/aromatic N) is 2. The highest BCUT2D eigenvalue weighted by molar-refractivity contribution is 4.87. The van der Waals surface area contributed by atoms with E-state index in [4.69, 9.17) is 5.73 Å². The minimum absolute atomic E-state index is 0.719. The lowest BCUT2D eigenvalue weighted by Gasteiger charge is -2.43. The molecule has 0 saturated heterocycles. The molecule has 0 amide bonds. The van der Waals surface area contributed by atoms with E-state index in [1.54, 1.807) is 0 Å². The van der Waals surface area contributed by atoms with E-state index in [2.05, 4.69) is 37.7 Å². The van der Waals surface area contributed by atoms with Crippen LogP contribution in [0.25, 0.3) is 0 Å². The van der Waals surface area contributed by atoms with E-state index < -0.39 is 0 Å². The van der Waals surface area contributed by atoms with Gasteiger partial charge >= 0.3 is 0 Å². The summed E-state index contributed by atoms with van der Waals surface area (Å²) in [5, 5.41) is 0.